The molecule has 0 aromatic carbocycles. The summed E-state index contributed by atoms with van der Waals surface area (Å²) in [5, 5.41) is 0.548. The van der Waals surface area contributed by atoms with Gasteiger partial charge in [-0.25, -0.2) is 0 Å². The van der Waals surface area contributed by atoms with E-state index in [9.17, 15) is 9.59 Å². The van der Waals surface area contributed by atoms with Crippen LogP contribution in [-0.2, 0) is 16.1 Å². The largest absolute Gasteiger partial charge is 0.276 e. The summed E-state index contributed by atoms with van der Waals surface area (Å²) in [6, 6.07) is 3.47. The van der Waals surface area contributed by atoms with E-state index in [2.05, 4.69) is 4.98 Å². The molecule has 2 aliphatic rings. The van der Waals surface area contributed by atoms with Crippen LogP contribution in [0, 0.1) is 5.41 Å². The number of nitrogens with zero attached hydrogens (tertiary/aromatic N) is 2. The zero-order valence-electron chi connectivity index (χ0n) is 10.3. The molecule has 0 aliphatic carbocycles. The lowest BCUT2D eigenvalue weighted by Gasteiger charge is -2.20. The van der Waals surface area contributed by atoms with E-state index in [0.29, 0.717) is 17.1 Å². The molecule has 2 aliphatic heterocycles. The third-order valence-corrected chi connectivity index (χ3v) is 5.17. The second-order valence-electron chi connectivity index (χ2n) is 5.01. The fraction of sp³-hybridized carbons (Fsp3) is 0.462. The van der Waals surface area contributed by atoms with Crippen molar-refractivity contribution in [3.05, 3.63) is 29.0 Å². The van der Waals surface area contributed by atoms with E-state index in [1.807, 2.05) is 0 Å². The number of thioether (sulfide) groups is 1. The predicted molar refractivity (Wildman–Crippen MR) is 73.8 cm³/mol. The maximum Gasteiger partial charge on any atom is 0.237 e. The molecule has 0 radical (unpaired) electrons. The first kappa shape index (κ1) is 12.9. The van der Waals surface area contributed by atoms with Crippen molar-refractivity contribution in [2.24, 2.45) is 5.41 Å². The van der Waals surface area contributed by atoms with Crippen LogP contribution in [0.2, 0.25) is 5.02 Å². The van der Waals surface area contributed by atoms with Crippen molar-refractivity contribution >= 4 is 35.2 Å². The number of aromatic nitrogens is 1. The number of imide groups is 1. The Kier molecular flexibility index (Phi) is 3.27. The summed E-state index contributed by atoms with van der Waals surface area (Å²) in [5.41, 5.74) is 0.252. The number of hydrogen-bond acceptors (Lipinski definition) is 4. The molecule has 1 aromatic rings. The Morgan fingerprint density at radius 2 is 2.26 bits per heavy atom. The Labute approximate surface area is 120 Å². The third-order valence-electron chi connectivity index (χ3n) is 3.70. The van der Waals surface area contributed by atoms with E-state index >= 15 is 0 Å². The molecule has 0 saturated carbocycles. The van der Waals surface area contributed by atoms with Crippen molar-refractivity contribution < 1.29 is 9.59 Å². The van der Waals surface area contributed by atoms with Gasteiger partial charge in [0.05, 0.1) is 22.7 Å². The van der Waals surface area contributed by atoms with Gasteiger partial charge in [-0.05, 0) is 24.3 Å². The molecular weight excluding hydrogens is 284 g/mol. The molecule has 3 rings (SSSR count). The number of halogens is 1. The molecule has 6 heteroatoms. The Hall–Kier alpha value is -1.07. The second kappa shape index (κ2) is 4.80. The number of carbonyl (C=O) groups excluding carboxylic acids is 2. The van der Waals surface area contributed by atoms with Crippen LogP contribution < -0.4 is 0 Å². The predicted octanol–water partition coefficient (Wildman–Crippen LogP) is 2.12. The fourth-order valence-electron chi connectivity index (χ4n) is 2.60. The number of pyridine rings is 1. The van der Waals surface area contributed by atoms with Crippen LogP contribution in [0.1, 0.15) is 18.5 Å². The molecule has 1 aromatic heterocycles. The Balaban J connectivity index is 1.79. The molecule has 1 unspecified atom stereocenters. The highest BCUT2D eigenvalue weighted by Crippen LogP contribution is 2.45. The van der Waals surface area contributed by atoms with Crippen molar-refractivity contribution in [3.63, 3.8) is 0 Å². The maximum atomic E-state index is 12.4. The van der Waals surface area contributed by atoms with Gasteiger partial charge in [0.1, 0.15) is 0 Å². The molecule has 2 fully saturated rings. The molecule has 1 spiro atoms. The molecule has 0 bridgehead atoms. The monoisotopic (exact) mass is 296 g/mol. The lowest BCUT2D eigenvalue weighted by molar-refractivity contribution is -0.141. The molecule has 19 heavy (non-hydrogen) atoms. The topological polar surface area (TPSA) is 50.3 Å². The number of hydrogen-bond donors (Lipinski definition) is 0. The van der Waals surface area contributed by atoms with E-state index in [-0.39, 0.29) is 18.4 Å². The minimum atomic E-state index is -0.436. The summed E-state index contributed by atoms with van der Waals surface area (Å²) >= 11 is 7.52. The normalized spacial score (nSPS) is 26.7. The van der Waals surface area contributed by atoms with Gasteiger partial charge in [-0.15, -0.1) is 0 Å². The first-order valence-electron chi connectivity index (χ1n) is 6.14. The van der Waals surface area contributed by atoms with Gasteiger partial charge in [-0.3, -0.25) is 19.5 Å². The van der Waals surface area contributed by atoms with E-state index in [1.54, 1.807) is 23.9 Å². The van der Waals surface area contributed by atoms with Crippen LogP contribution in [0.25, 0.3) is 0 Å². The van der Waals surface area contributed by atoms with Crippen LogP contribution >= 0.6 is 23.4 Å². The lowest BCUT2D eigenvalue weighted by Crippen LogP contribution is -2.35. The maximum absolute atomic E-state index is 12.4. The minimum absolute atomic E-state index is 0.0285. The standard InChI is InChI=1S/C13H13ClN2O2S/c14-9-1-2-10(15-6-9)7-16-11(17)5-13(12(16)18)3-4-19-8-13/h1-2,6H,3-5,7-8H2. The van der Waals surface area contributed by atoms with Gasteiger partial charge in [0.15, 0.2) is 0 Å². The highest BCUT2D eigenvalue weighted by Gasteiger charge is 2.52. The molecular formula is C13H13ClN2O2S. The first-order chi connectivity index (χ1) is 9.11. The van der Waals surface area contributed by atoms with Crippen LogP contribution in [-0.4, -0.2) is 33.2 Å². The number of amides is 2. The second-order valence-corrected chi connectivity index (χ2v) is 6.55. The zero-order valence-corrected chi connectivity index (χ0v) is 11.8. The highest BCUT2D eigenvalue weighted by atomic mass is 35.5. The smallest absolute Gasteiger partial charge is 0.237 e. The average Bonchev–Trinajstić information content (AvgIpc) is 2.94. The minimum Gasteiger partial charge on any atom is -0.276 e. The van der Waals surface area contributed by atoms with Gasteiger partial charge >= 0.3 is 0 Å². The van der Waals surface area contributed by atoms with Crippen molar-refractivity contribution in [1.82, 2.24) is 9.88 Å². The summed E-state index contributed by atoms with van der Waals surface area (Å²) in [6.07, 6.45) is 2.70. The molecule has 3 heterocycles. The van der Waals surface area contributed by atoms with Crippen molar-refractivity contribution in [1.29, 1.82) is 0 Å². The van der Waals surface area contributed by atoms with Crippen LogP contribution in [0.5, 0.6) is 0 Å². The molecule has 4 nitrogen and oxygen atoms in total. The number of carbonyl (C=O) groups is 2. The summed E-state index contributed by atoms with van der Waals surface area (Å²) in [7, 11) is 0. The summed E-state index contributed by atoms with van der Waals surface area (Å²) in [6.45, 7) is 0.251. The summed E-state index contributed by atoms with van der Waals surface area (Å²) in [5.74, 6) is 1.62. The Morgan fingerprint density at radius 1 is 1.42 bits per heavy atom. The van der Waals surface area contributed by atoms with Crippen LogP contribution in [0.15, 0.2) is 18.3 Å². The average molecular weight is 297 g/mol. The highest BCUT2D eigenvalue weighted by molar-refractivity contribution is 7.99. The Bertz CT molecular complexity index is 526. The molecule has 2 amide bonds. The van der Waals surface area contributed by atoms with Crippen molar-refractivity contribution in [3.8, 4) is 0 Å². The third kappa shape index (κ3) is 2.25. The van der Waals surface area contributed by atoms with Gasteiger partial charge in [0, 0.05) is 18.4 Å². The van der Waals surface area contributed by atoms with Gasteiger partial charge < -0.3 is 0 Å². The molecule has 1 atom stereocenters. The fourth-order valence-corrected chi connectivity index (χ4v) is 4.15. The van der Waals surface area contributed by atoms with E-state index < -0.39 is 5.41 Å². The van der Waals surface area contributed by atoms with E-state index in [1.165, 1.54) is 11.1 Å². The Morgan fingerprint density at radius 3 is 2.89 bits per heavy atom. The van der Waals surface area contributed by atoms with Gasteiger partial charge in [-0.2, -0.15) is 11.8 Å². The quantitative estimate of drug-likeness (QED) is 0.785. The molecule has 100 valence electrons. The van der Waals surface area contributed by atoms with Gasteiger partial charge in [-0.1, -0.05) is 11.6 Å². The van der Waals surface area contributed by atoms with Gasteiger partial charge in [0.2, 0.25) is 11.8 Å². The first-order valence-corrected chi connectivity index (χ1v) is 7.67. The summed E-state index contributed by atoms with van der Waals surface area (Å²) < 4.78 is 0. The number of rotatable bonds is 2. The van der Waals surface area contributed by atoms with E-state index in [0.717, 1.165) is 17.9 Å². The SMILES string of the molecule is O=C1CC2(CCSC2)C(=O)N1Cc1ccc(Cl)cn1. The van der Waals surface area contributed by atoms with Crippen molar-refractivity contribution in [2.45, 2.75) is 19.4 Å². The van der Waals surface area contributed by atoms with E-state index in [4.69, 9.17) is 11.6 Å². The number of likely N-dealkylation sites (tertiary alicyclic amines) is 1. The lowest BCUT2D eigenvalue weighted by atomic mass is 9.86. The molecule has 0 N–H and O–H groups in total. The molecule has 2 saturated heterocycles. The van der Waals surface area contributed by atoms with Crippen LogP contribution in [0.3, 0.4) is 0 Å². The summed E-state index contributed by atoms with van der Waals surface area (Å²) in [4.78, 5) is 30.0. The zero-order chi connectivity index (χ0) is 13.5. The van der Waals surface area contributed by atoms with Gasteiger partial charge in [0.25, 0.3) is 0 Å². The van der Waals surface area contributed by atoms with Crippen molar-refractivity contribution in [2.75, 3.05) is 11.5 Å². The van der Waals surface area contributed by atoms with Crippen LogP contribution in [0.4, 0.5) is 0 Å².